The quantitative estimate of drug-likeness (QED) is 0.898. The standard InChI is InChI=1S/C15H21N3O/c1-4-12-15(16)13(5-2)18(17-12)10-11-8-6-7-9-14(11)19-3/h6-9H,4-5,10,16H2,1-3H3. The highest BCUT2D eigenvalue weighted by molar-refractivity contribution is 5.49. The average Bonchev–Trinajstić information content (AvgIpc) is 2.74. The molecule has 1 aromatic carbocycles. The molecule has 0 aliphatic rings. The van der Waals surface area contributed by atoms with E-state index in [-0.39, 0.29) is 0 Å². The van der Waals surface area contributed by atoms with E-state index in [0.717, 1.165) is 41.2 Å². The second-order valence-corrected chi connectivity index (χ2v) is 4.48. The van der Waals surface area contributed by atoms with Gasteiger partial charge in [-0.25, -0.2) is 0 Å². The van der Waals surface area contributed by atoms with Gasteiger partial charge in [0.25, 0.3) is 0 Å². The van der Waals surface area contributed by atoms with Crippen molar-refractivity contribution in [3.8, 4) is 5.75 Å². The number of anilines is 1. The molecule has 0 saturated carbocycles. The Hall–Kier alpha value is -1.97. The lowest BCUT2D eigenvalue weighted by Gasteiger charge is -2.10. The second-order valence-electron chi connectivity index (χ2n) is 4.48. The molecule has 2 aromatic rings. The first-order valence-corrected chi connectivity index (χ1v) is 6.67. The number of methoxy groups -OCH3 is 1. The van der Waals surface area contributed by atoms with Gasteiger partial charge in [0.15, 0.2) is 0 Å². The maximum Gasteiger partial charge on any atom is 0.123 e. The number of nitrogens with two attached hydrogens (primary N) is 1. The summed E-state index contributed by atoms with van der Waals surface area (Å²) in [6.07, 6.45) is 1.74. The van der Waals surface area contributed by atoms with Crippen LogP contribution >= 0.6 is 0 Å². The third-order valence-corrected chi connectivity index (χ3v) is 3.36. The van der Waals surface area contributed by atoms with E-state index in [0.29, 0.717) is 6.54 Å². The van der Waals surface area contributed by atoms with Crippen molar-refractivity contribution in [2.24, 2.45) is 0 Å². The van der Waals surface area contributed by atoms with Crippen LogP contribution in [0.4, 0.5) is 5.69 Å². The zero-order valence-corrected chi connectivity index (χ0v) is 11.8. The molecule has 0 amide bonds. The Morgan fingerprint density at radius 2 is 1.95 bits per heavy atom. The van der Waals surface area contributed by atoms with Crippen LogP contribution in [0, 0.1) is 0 Å². The number of rotatable bonds is 5. The molecule has 4 nitrogen and oxygen atoms in total. The van der Waals surface area contributed by atoms with Gasteiger partial charge in [0, 0.05) is 5.56 Å². The number of hydrogen-bond donors (Lipinski definition) is 1. The molecule has 0 bridgehead atoms. The predicted molar refractivity (Wildman–Crippen MR) is 77.5 cm³/mol. The van der Waals surface area contributed by atoms with E-state index in [4.69, 9.17) is 10.5 Å². The Bertz CT molecular complexity index is 561. The molecule has 0 atom stereocenters. The zero-order chi connectivity index (χ0) is 13.8. The Morgan fingerprint density at radius 3 is 2.58 bits per heavy atom. The van der Waals surface area contributed by atoms with E-state index >= 15 is 0 Å². The van der Waals surface area contributed by atoms with Crippen molar-refractivity contribution in [2.75, 3.05) is 12.8 Å². The van der Waals surface area contributed by atoms with E-state index in [1.54, 1.807) is 7.11 Å². The first-order valence-electron chi connectivity index (χ1n) is 6.67. The van der Waals surface area contributed by atoms with Gasteiger partial charge in [0.2, 0.25) is 0 Å². The summed E-state index contributed by atoms with van der Waals surface area (Å²) in [5, 5.41) is 4.61. The van der Waals surface area contributed by atoms with Crippen LogP contribution in [-0.2, 0) is 19.4 Å². The smallest absolute Gasteiger partial charge is 0.123 e. The van der Waals surface area contributed by atoms with Crippen LogP contribution in [0.2, 0.25) is 0 Å². The summed E-state index contributed by atoms with van der Waals surface area (Å²) in [7, 11) is 1.69. The molecule has 0 radical (unpaired) electrons. The normalized spacial score (nSPS) is 10.7. The molecule has 0 saturated heterocycles. The molecular weight excluding hydrogens is 238 g/mol. The highest BCUT2D eigenvalue weighted by atomic mass is 16.5. The average molecular weight is 259 g/mol. The van der Waals surface area contributed by atoms with E-state index in [1.165, 1.54) is 0 Å². The molecular formula is C15H21N3O. The SMILES string of the molecule is CCc1nn(Cc2ccccc2OC)c(CC)c1N. The largest absolute Gasteiger partial charge is 0.496 e. The molecule has 4 heteroatoms. The molecule has 0 aliphatic carbocycles. The van der Waals surface area contributed by atoms with Gasteiger partial charge in [0.1, 0.15) is 5.75 Å². The Labute approximate surface area is 114 Å². The summed E-state index contributed by atoms with van der Waals surface area (Å²) < 4.78 is 7.37. The molecule has 1 aromatic heterocycles. The fourth-order valence-electron chi connectivity index (χ4n) is 2.33. The molecule has 19 heavy (non-hydrogen) atoms. The highest BCUT2D eigenvalue weighted by Crippen LogP contribution is 2.23. The number of aryl methyl sites for hydroxylation is 1. The Balaban J connectivity index is 2.37. The predicted octanol–water partition coefficient (Wildman–Crippen LogP) is 2.65. The van der Waals surface area contributed by atoms with Gasteiger partial charge in [-0.15, -0.1) is 0 Å². The molecule has 0 unspecified atom stereocenters. The molecule has 2 rings (SSSR count). The number of hydrogen-bond acceptors (Lipinski definition) is 3. The maximum atomic E-state index is 6.13. The van der Waals surface area contributed by atoms with Crippen molar-refractivity contribution in [3.05, 3.63) is 41.2 Å². The van der Waals surface area contributed by atoms with Crippen molar-refractivity contribution in [1.82, 2.24) is 9.78 Å². The zero-order valence-electron chi connectivity index (χ0n) is 11.8. The van der Waals surface area contributed by atoms with Gasteiger partial charge < -0.3 is 10.5 Å². The number of benzene rings is 1. The van der Waals surface area contributed by atoms with Crippen molar-refractivity contribution in [2.45, 2.75) is 33.2 Å². The fourth-order valence-corrected chi connectivity index (χ4v) is 2.33. The minimum Gasteiger partial charge on any atom is -0.496 e. The number of para-hydroxylation sites is 1. The second kappa shape index (κ2) is 5.78. The number of aromatic nitrogens is 2. The van der Waals surface area contributed by atoms with E-state index in [9.17, 15) is 0 Å². The Morgan fingerprint density at radius 1 is 1.21 bits per heavy atom. The van der Waals surface area contributed by atoms with Gasteiger partial charge in [-0.3, -0.25) is 4.68 Å². The highest BCUT2D eigenvalue weighted by Gasteiger charge is 2.13. The molecule has 1 heterocycles. The lowest BCUT2D eigenvalue weighted by molar-refractivity contribution is 0.407. The topological polar surface area (TPSA) is 53.1 Å². The van der Waals surface area contributed by atoms with Crippen LogP contribution in [0.15, 0.2) is 24.3 Å². The fraction of sp³-hybridized carbons (Fsp3) is 0.400. The van der Waals surface area contributed by atoms with Gasteiger partial charge >= 0.3 is 0 Å². The third kappa shape index (κ3) is 2.57. The molecule has 0 aliphatic heterocycles. The first-order chi connectivity index (χ1) is 9.21. The van der Waals surface area contributed by atoms with Gasteiger partial charge in [-0.2, -0.15) is 5.10 Å². The van der Waals surface area contributed by atoms with E-state index < -0.39 is 0 Å². The number of nitrogen functional groups attached to an aromatic ring is 1. The number of ether oxygens (including phenoxy) is 1. The lowest BCUT2D eigenvalue weighted by atomic mass is 10.2. The summed E-state index contributed by atoms with van der Waals surface area (Å²) in [5.41, 5.74) is 10.2. The van der Waals surface area contributed by atoms with Crippen LogP contribution in [0.1, 0.15) is 30.8 Å². The van der Waals surface area contributed by atoms with Gasteiger partial charge in [-0.1, -0.05) is 32.0 Å². The lowest BCUT2D eigenvalue weighted by Crippen LogP contribution is -2.07. The summed E-state index contributed by atoms with van der Waals surface area (Å²) in [6, 6.07) is 8.01. The summed E-state index contributed by atoms with van der Waals surface area (Å²) >= 11 is 0. The van der Waals surface area contributed by atoms with E-state index in [2.05, 4.69) is 25.0 Å². The summed E-state index contributed by atoms with van der Waals surface area (Å²) in [4.78, 5) is 0. The van der Waals surface area contributed by atoms with Crippen molar-refractivity contribution in [1.29, 1.82) is 0 Å². The molecule has 0 fully saturated rings. The third-order valence-electron chi connectivity index (χ3n) is 3.36. The number of nitrogens with zero attached hydrogens (tertiary/aromatic N) is 2. The first kappa shape index (κ1) is 13.5. The molecule has 2 N–H and O–H groups in total. The van der Waals surface area contributed by atoms with Crippen LogP contribution in [-0.4, -0.2) is 16.9 Å². The maximum absolute atomic E-state index is 6.13. The minimum absolute atomic E-state index is 0.692. The summed E-state index contributed by atoms with van der Waals surface area (Å²) in [6.45, 7) is 4.87. The van der Waals surface area contributed by atoms with Crippen LogP contribution in [0.5, 0.6) is 5.75 Å². The van der Waals surface area contributed by atoms with Crippen LogP contribution in [0.3, 0.4) is 0 Å². The van der Waals surface area contributed by atoms with Gasteiger partial charge in [-0.05, 0) is 18.9 Å². The van der Waals surface area contributed by atoms with Crippen molar-refractivity contribution >= 4 is 5.69 Å². The Kier molecular flexibility index (Phi) is 4.10. The van der Waals surface area contributed by atoms with Gasteiger partial charge in [0.05, 0.1) is 30.7 Å². The summed E-state index contributed by atoms with van der Waals surface area (Å²) in [5.74, 6) is 0.886. The molecule has 0 spiro atoms. The minimum atomic E-state index is 0.692. The molecule has 102 valence electrons. The van der Waals surface area contributed by atoms with Crippen LogP contribution < -0.4 is 10.5 Å². The van der Waals surface area contributed by atoms with Crippen LogP contribution in [0.25, 0.3) is 0 Å². The van der Waals surface area contributed by atoms with Crippen molar-refractivity contribution in [3.63, 3.8) is 0 Å². The van der Waals surface area contributed by atoms with Crippen molar-refractivity contribution < 1.29 is 4.74 Å². The monoisotopic (exact) mass is 259 g/mol. The van der Waals surface area contributed by atoms with E-state index in [1.807, 2.05) is 22.9 Å².